The highest BCUT2D eigenvalue weighted by Crippen LogP contribution is 2.21. The zero-order valence-electron chi connectivity index (χ0n) is 5.87. The van der Waals surface area contributed by atoms with Crippen molar-refractivity contribution in [1.29, 1.82) is 0 Å². The molecule has 0 unspecified atom stereocenters. The van der Waals surface area contributed by atoms with Crippen LogP contribution < -0.4 is 0 Å². The monoisotopic (exact) mass is 306 g/mol. The molecule has 0 aliphatic rings. The van der Waals surface area contributed by atoms with Crippen molar-refractivity contribution in [3.05, 3.63) is 32.4 Å². The van der Waals surface area contributed by atoms with Crippen molar-refractivity contribution < 1.29 is 0 Å². The number of rotatable bonds is 1. The SMILES string of the molecule is Brc1cn(-c2ccsc2)c(Br)n1. The quantitative estimate of drug-likeness (QED) is 0.789. The normalized spacial score (nSPS) is 10.5. The van der Waals surface area contributed by atoms with Crippen LogP contribution in [-0.2, 0) is 0 Å². The third-order valence-electron chi connectivity index (χ3n) is 1.42. The third kappa shape index (κ3) is 1.48. The van der Waals surface area contributed by atoms with E-state index in [1.54, 1.807) is 11.3 Å². The fourth-order valence-corrected chi connectivity index (χ4v) is 2.64. The Labute approximate surface area is 90.5 Å². The van der Waals surface area contributed by atoms with E-state index in [9.17, 15) is 0 Å². The van der Waals surface area contributed by atoms with Gasteiger partial charge in [-0.25, -0.2) is 4.98 Å². The summed E-state index contributed by atoms with van der Waals surface area (Å²) < 4.78 is 3.62. The second-order valence-corrected chi connectivity index (χ2v) is 4.49. The summed E-state index contributed by atoms with van der Waals surface area (Å²) >= 11 is 8.34. The number of nitrogens with zero attached hydrogens (tertiary/aromatic N) is 2. The van der Waals surface area contributed by atoms with Crippen LogP contribution in [0.25, 0.3) is 5.69 Å². The molecule has 2 aromatic rings. The van der Waals surface area contributed by atoms with Crippen LogP contribution in [0.15, 0.2) is 32.4 Å². The molecule has 2 heterocycles. The molecule has 0 fully saturated rings. The smallest absolute Gasteiger partial charge is 0.182 e. The van der Waals surface area contributed by atoms with Crippen molar-refractivity contribution in [2.24, 2.45) is 0 Å². The van der Waals surface area contributed by atoms with Gasteiger partial charge in [-0.3, -0.25) is 4.57 Å². The minimum Gasteiger partial charge on any atom is -0.292 e. The van der Waals surface area contributed by atoms with Crippen LogP contribution in [-0.4, -0.2) is 9.55 Å². The molecule has 2 rings (SSSR count). The zero-order chi connectivity index (χ0) is 8.55. The first-order valence-electron chi connectivity index (χ1n) is 3.20. The highest BCUT2D eigenvalue weighted by atomic mass is 79.9. The molecule has 0 saturated carbocycles. The number of hydrogen-bond donors (Lipinski definition) is 0. The fraction of sp³-hybridized carbons (Fsp3) is 0. The molecule has 2 nitrogen and oxygen atoms in total. The molecule has 0 spiro atoms. The van der Waals surface area contributed by atoms with Gasteiger partial charge in [0.25, 0.3) is 0 Å². The van der Waals surface area contributed by atoms with Crippen LogP contribution in [0, 0.1) is 0 Å². The first-order chi connectivity index (χ1) is 5.77. The maximum atomic E-state index is 4.17. The molecule has 0 amide bonds. The number of imidazole rings is 1. The lowest BCUT2D eigenvalue weighted by Crippen LogP contribution is -1.88. The summed E-state index contributed by atoms with van der Waals surface area (Å²) in [6.45, 7) is 0. The van der Waals surface area contributed by atoms with E-state index in [0.717, 1.165) is 15.0 Å². The van der Waals surface area contributed by atoms with Crippen LogP contribution >= 0.6 is 43.2 Å². The van der Waals surface area contributed by atoms with E-state index in [1.807, 2.05) is 22.2 Å². The maximum absolute atomic E-state index is 4.17. The van der Waals surface area contributed by atoms with Gasteiger partial charge in [0.05, 0.1) is 5.69 Å². The summed E-state index contributed by atoms with van der Waals surface area (Å²) in [6.07, 6.45) is 1.92. The molecule has 2 aromatic heterocycles. The minimum absolute atomic E-state index is 0.813. The Morgan fingerprint density at radius 1 is 1.42 bits per heavy atom. The Bertz CT molecular complexity index is 380. The molecule has 0 radical (unpaired) electrons. The number of aromatic nitrogens is 2. The van der Waals surface area contributed by atoms with Crippen LogP contribution in [0.3, 0.4) is 0 Å². The summed E-state index contributed by atoms with van der Waals surface area (Å²) in [5.74, 6) is 0. The van der Waals surface area contributed by atoms with Crippen LogP contribution in [0.5, 0.6) is 0 Å². The van der Waals surface area contributed by atoms with Crippen molar-refractivity contribution in [3.63, 3.8) is 0 Å². The summed E-state index contributed by atoms with van der Waals surface area (Å²) in [5, 5.41) is 4.11. The summed E-state index contributed by atoms with van der Waals surface area (Å²) in [7, 11) is 0. The molecular formula is C7H4Br2N2S. The van der Waals surface area contributed by atoms with Crippen LogP contribution in [0.4, 0.5) is 0 Å². The van der Waals surface area contributed by atoms with Crippen molar-refractivity contribution in [2.45, 2.75) is 0 Å². The molecule has 0 aliphatic carbocycles. The Morgan fingerprint density at radius 3 is 2.75 bits per heavy atom. The van der Waals surface area contributed by atoms with Crippen LogP contribution in [0.1, 0.15) is 0 Å². The van der Waals surface area contributed by atoms with E-state index < -0.39 is 0 Å². The van der Waals surface area contributed by atoms with Crippen molar-refractivity contribution >= 4 is 43.2 Å². The fourth-order valence-electron chi connectivity index (χ4n) is 0.906. The van der Waals surface area contributed by atoms with E-state index in [-0.39, 0.29) is 0 Å². The Hall–Kier alpha value is -0.130. The molecule has 0 bridgehead atoms. The Kier molecular flexibility index (Phi) is 2.34. The Balaban J connectivity index is 2.54. The van der Waals surface area contributed by atoms with Gasteiger partial charge in [-0.2, -0.15) is 11.3 Å². The number of halogens is 2. The van der Waals surface area contributed by atoms with Crippen LogP contribution in [0.2, 0.25) is 0 Å². The highest BCUT2D eigenvalue weighted by Gasteiger charge is 2.04. The summed E-state index contributed by atoms with van der Waals surface area (Å²) in [6, 6.07) is 2.05. The van der Waals surface area contributed by atoms with Gasteiger partial charge in [0.15, 0.2) is 4.73 Å². The first kappa shape index (κ1) is 8.47. The molecule has 0 atom stereocenters. The predicted molar refractivity (Wildman–Crippen MR) is 56.8 cm³/mol. The van der Waals surface area contributed by atoms with Gasteiger partial charge in [-0.15, -0.1) is 0 Å². The van der Waals surface area contributed by atoms with Gasteiger partial charge in [0.1, 0.15) is 4.60 Å². The first-order valence-corrected chi connectivity index (χ1v) is 5.73. The van der Waals surface area contributed by atoms with Gasteiger partial charge >= 0.3 is 0 Å². The maximum Gasteiger partial charge on any atom is 0.182 e. The molecular weight excluding hydrogens is 304 g/mol. The topological polar surface area (TPSA) is 17.8 Å². The summed E-state index contributed by atoms with van der Waals surface area (Å²) in [5.41, 5.74) is 1.13. The molecule has 62 valence electrons. The molecule has 0 saturated heterocycles. The van der Waals surface area contributed by atoms with E-state index >= 15 is 0 Å². The van der Waals surface area contributed by atoms with Gasteiger partial charge in [0, 0.05) is 11.6 Å². The van der Waals surface area contributed by atoms with Gasteiger partial charge < -0.3 is 0 Å². The van der Waals surface area contributed by atoms with Gasteiger partial charge in [0.2, 0.25) is 0 Å². The lowest BCUT2D eigenvalue weighted by Gasteiger charge is -1.97. The van der Waals surface area contributed by atoms with E-state index in [0.29, 0.717) is 0 Å². The third-order valence-corrected chi connectivity index (χ3v) is 3.03. The average molecular weight is 308 g/mol. The second-order valence-electron chi connectivity index (χ2n) is 2.18. The highest BCUT2D eigenvalue weighted by molar-refractivity contribution is 9.11. The largest absolute Gasteiger partial charge is 0.292 e. The van der Waals surface area contributed by atoms with Crippen molar-refractivity contribution in [2.75, 3.05) is 0 Å². The lowest BCUT2D eigenvalue weighted by molar-refractivity contribution is 1.02. The predicted octanol–water partition coefficient (Wildman–Crippen LogP) is 3.46. The number of thiophene rings is 1. The van der Waals surface area contributed by atoms with Gasteiger partial charge in [-0.1, -0.05) is 0 Å². The molecule has 5 heteroatoms. The molecule has 0 N–H and O–H groups in total. The van der Waals surface area contributed by atoms with Crippen molar-refractivity contribution in [3.8, 4) is 5.69 Å². The minimum atomic E-state index is 0.813. The second kappa shape index (κ2) is 3.32. The lowest BCUT2D eigenvalue weighted by atomic mass is 10.5. The number of hydrogen-bond acceptors (Lipinski definition) is 2. The summed E-state index contributed by atoms with van der Waals surface area (Å²) in [4.78, 5) is 4.17. The van der Waals surface area contributed by atoms with Gasteiger partial charge in [-0.05, 0) is 43.3 Å². The Morgan fingerprint density at radius 2 is 2.25 bits per heavy atom. The van der Waals surface area contributed by atoms with E-state index in [1.165, 1.54) is 0 Å². The molecule has 0 aliphatic heterocycles. The van der Waals surface area contributed by atoms with Crippen molar-refractivity contribution in [1.82, 2.24) is 9.55 Å². The van der Waals surface area contributed by atoms with E-state index in [2.05, 4.69) is 42.2 Å². The average Bonchev–Trinajstić information content (AvgIpc) is 2.58. The zero-order valence-corrected chi connectivity index (χ0v) is 9.86. The van der Waals surface area contributed by atoms with E-state index in [4.69, 9.17) is 0 Å². The molecule has 0 aromatic carbocycles. The standard InChI is InChI=1S/C7H4Br2N2S/c8-6-3-11(7(9)10-6)5-1-2-12-4-5/h1-4H. The molecule has 12 heavy (non-hydrogen) atoms.